The summed E-state index contributed by atoms with van der Waals surface area (Å²) in [4.78, 5) is 4.30. The molecule has 0 radical (unpaired) electrons. The van der Waals surface area contributed by atoms with Gasteiger partial charge in [0, 0.05) is 11.4 Å². The predicted octanol–water partition coefficient (Wildman–Crippen LogP) is 0.935. The van der Waals surface area contributed by atoms with Crippen molar-refractivity contribution in [2.24, 2.45) is 5.73 Å². The zero-order chi connectivity index (χ0) is 11.2. The van der Waals surface area contributed by atoms with E-state index < -0.39 is 5.54 Å². The van der Waals surface area contributed by atoms with Gasteiger partial charge in [-0.3, -0.25) is 4.40 Å². The second-order valence-electron chi connectivity index (χ2n) is 4.42. The molecule has 0 aromatic carbocycles. The number of nitrogens with zero attached hydrogens (tertiary/aromatic N) is 4. The van der Waals surface area contributed by atoms with Crippen molar-refractivity contribution in [3.8, 4) is 0 Å². The molecule has 2 rings (SSSR count). The number of hydrogen-bond acceptors (Lipinski definition) is 4. The molecular formula is C10H15N5. The first-order chi connectivity index (χ1) is 6.89. The number of aromatic nitrogens is 4. The van der Waals surface area contributed by atoms with Crippen LogP contribution in [-0.2, 0) is 5.54 Å². The summed E-state index contributed by atoms with van der Waals surface area (Å²) in [5.74, 6) is 1.35. The molecule has 0 saturated carbocycles. The van der Waals surface area contributed by atoms with Gasteiger partial charge in [0.1, 0.15) is 0 Å². The summed E-state index contributed by atoms with van der Waals surface area (Å²) in [6.07, 6.45) is 0. The molecule has 2 aromatic rings. The van der Waals surface area contributed by atoms with Gasteiger partial charge >= 0.3 is 0 Å². The molecule has 0 spiro atoms. The number of fused-ring (bicyclic) bond motifs is 1. The van der Waals surface area contributed by atoms with E-state index in [1.807, 2.05) is 38.2 Å². The van der Waals surface area contributed by atoms with E-state index in [4.69, 9.17) is 5.73 Å². The van der Waals surface area contributed by atoms with Gasteiger partial charge in [0.05, 0.1) is 5.54 Å². The molecule has 2 N–H and O–H groups in total. The van der Waals surface area contributed by atoms with Crippen LogP contribution in [0.2, 0.25) is 0 Å². The second kappa shape index (κ2) is 3.00. The fourth-order valence-corrected chi connectivity index (χ4v) is 1.65. The minimum absolute atomic E-state index is 0.513. The highest BCUT2D eigenvalue weighted by Gasteiger charge is 2.22. The van der Waals surface area contributed by atoms with Crippen molar-refractivity contribution in [3.05, 3.63) is 23.3 Å². The molecule has 2 aromatic heterocycles. The van der Waals surface area contributed by atoms with Crippen LogP contribution < -0.4 is 5.73 Å². The van der Waals surface area contributed by atoms with Crippen LogP contribution in [-0.4, -0.2) is 19.6 Å². The minimum Gasteiger partial charge on any atom is -0.319 e. The Hall–Kier alpha value is -1.49. The van der Waals surface area contributed by atoms with Crippen molar-refractivity contribution in [3.63, 3.8) is 0 Å². The Balaban J connectivity index is 2.81. The first-order valence-corrected chi connectivity index (χ1v) is 4.88. The van der Waals surface area contributed by atoms with E-state index in [2.05, 4.69) is 15.2 Å². The van der Waals surface area contributed by atoms with Crippen molar-refractivity contribution in [1.29, 1.82) is 0 Å². The van der Waals surface area contributed by atoms with Crippen molar-refractivity contribution in [2.75, 3.05) is 0 Å². The summed E-state index contributed by atoms with van der Waals surface area (Å²) in [7, 11) is 0. The molecule has 0 aliphatic heterocycles. The van der Waals surface area contributed by atoms with E-state index in [1.165, 1.54) is 0 Å². The first-order valence-electron chi connectivity index (χ1n) is 4.88. The Morgan fingerprint density at radius 2 is 1.93 bits per heavy atom. The third-order valence-electron chi connectivity index (χ3n) is 2.27. The molecule has 80 valence electrons. The SMILES string of the molecule is Cc1cc(C)n2c(C(C)(C)N)nnc2n1. The monoisotopic (exact) mass is 205 g/mol. The zero-order valence-corrected chi connectivity index (χ0v) is 9.44. The molecule has 0 unspecified atom stereocenters. The van der Waals surface area contributed by atoms with Crippen molar-refractivity contribution >= 4 is 5.78 Å². The summed E-state index contributed by atoms with van der Waals surface area (Å²) in [5, 5.41) is 8.12. The van der Waals surface area contributed by atoms with Gasteiger partial charge in [-0.25, -0.2) is 4.98 Å². The van der Waals surface area contributed by atoms with Crippen LogP contribution in [0.4, 0.5) is 0 Å². The maximum atomic E-state index is 6.02. The molecule has 2 heterocycles. The quantitative estimate of drug-likeness (QED) is 0.752. The smallest absolute Gasteiger partial charge is 0.255 e. The summed E-state index contributed by atoms with van der Waals surface area (Å²) in [6, 6.07) is 1.99. The Kier molecular flexibility index (Phi) is 2.01. The maximum Gasteiger partial charge on any atom is 0.255 e. The van der Waals surface area contributed by atoms with Gasteiger partial charge < -0.3 is 5.73 Å². The Morgan fingerprint density at radius 1 is 1.27 bits per heavy atom. The van der Waals surface area contributed by atoms with E-state index in [1.54, 1.807) is 0 Å². The highest BCUT2D eigenvalue weighted by atomic mass is 15.3. The molecule has 0 amide bonds. The highest BCUT2D eigenvalue weighted by molar-refractivity contribution is 5.33. The lowest BCUT2D eigenvalue weighted by Gasteiger charge is -2.16. The Morgan fingerprint density at radius 3 is 2.53 bits per heavy atom. The van der Waals surface area contributed by atoms with Gasteiger partial charge in [-0.05, 0) is 33.8 Å². The number of nitrogens with two attached hydrogens (primary N) is 1. The standard InChI is InChI=1S/C10H15N5/c1-6-5-7(2)15-8(10(3,4)11)13-14-9(15)12-6/h5H,11H2,1-4H3. The van der Waals surface area contributed by atoms with Crippen LogP contribution in [0.3, 0.4) is 0 Å². The van der Waals surface area contributed by atoms with Gasteiger partial charge in [0.2, 0.25) is 0 Å². The van der Waals surface area contributed by atoms with Crippen LogP contribution in [0, 0.1) is 13.8 Å². The topological polar surface area (TPSA) is 69.1 Å². The summed E-state index contributed by atoms with van der Waals surface area (Å²) in [5.41, 5.74) is 7.50. The van der Waals surface area contributed by atoms with E-state index in [-0.39, 0.29) is 0 Å². The molecule has 0 aliphatic rings. The zero-order valence-electron chi connectivity index (χ0n) is 9.44. The molecule has 5 nitrogen and oxygen atoms in total. The molecular weight excluding hydrogens is 190 g/mol. The van der Waals surface area contributed by atoms with Gasteiger partial charge in [0.25, 0.3) is 5.78 Å². The van der Waals surface area contributed by atoms with Crippen molar-refractivity contribution in [1.82, 2.24) is 19.6 Å². The van der Waals surface area contributed by atoms with E-state index in [0.29, 0.717) is 5.78 Å². The largest absolute Gasteiger partial charge is 0.319 e. The molecule has 15 heavy (non-hydrogen) atoms. The third kappa shape index (κ3) is 1.59. The number of rotatable bonds is 1. The van der Waals surface area contributed by atoms with Crippen LogP contribution in [0.15, 0.2) is 6.07 Å². The lowest BCUT2D eigenvalue weighted by Crippen LogP contribution is -2.31. The fraction of sp³-hybridized carbons (Fsp3) is 0.500. The molecule has 0 fully saturated rings. The van der Waals surface area contributed by atoms with Crippen LogP contribution >= 0.6 is 0 Å². The number of aryl methyl sites for hydroxylation is 2. The van der Waals surface area contributed by atoms with Gasteiger partial charge in [-0.15, -0.1) is 10.2 Å². The molecule has 5 heteroatoms. The molecule has 0 saturated heterocycles. The second-order valence-corrected chi connectivity index (χ2v) is 4.42. The fourth-order valence-electron chi connectivity index (χ4n) is 1.65. The summed E-state index contributed by atoms with van der Waals surface area (Å²) < 4.78 is 1.90. The van der Waals surface area contributed by atoms with Crippen LogP contribution in [0.1, 0.15) is 31.1 Å². The van der Waals surface area contributed by atoms with E-state index in [9.17, 15) is 0 Å². The van der Waals surface area contributed by atoms with Crippen molar-refractivity contribution in [2.45, 2.75) is 33.2 Å². The minimum atomic E-state index is -0.513. The average Bonchev–Trinajstić information content (AvgIpc) is 2.45. The normalized spacial score (nSPS) is 12.3. The maximum absolute atomic E-state index is 6.02. The Bertz CT molecular complexity index is 506. The van der Waals surface area contributed by atoms with E-state index >= 15 is 0 Å². The van der Waals surface area contributed by atoms with Crippen LogP contribution in [0.5, 0.6) is 0 Å². The van der Waals surface area contributed by atoms with Crippen LogP contribution in [0.25, 0.3) is 5.78 Å². The third-order valence-corrected chi connectivity index (χ3v) is 2.27. The predicted molar refractivity (Wildman–Crippen MR) is 57.5 cm³/mol. The van der Waals surface area contributed by atoms with Gasteiger partial charge in [0.15, 0.2) is 5.82 Å². The highest BCUT2D eigenvalue weighted by Crippen LogP contribution is 2.17. The van der Waals surface area contributed by atoms with Gasteiger partial charge in [-0.2, -0.15) is 0 Å². The summed E-state index contributed by atoms with van der Waals surface area (Å²) >= 11 is 0. The Labute approximate surface area is 88.3 Å². The average molecular weight is 205 g/mol. The summed E-state index contributed by atoms with van der Waals surface area (Å²) in [6.45, 7) is 7.75. The van der Waals surface area contributed by atoms with E-state index in [0.717, 1.165) is 17.2 Å². The van der Waals surface area contributed by atoms with Gasteiger partial charge in [-0.1, -0.05) is 0 Å². The lowest BCUT2D eigenvalue weighted by molar-refractivity contribution is 0.506. The number of hydrogen-bond donors (Lipinski definition) is 1. The molecule has 0 bridgehead atoms. The lowest BCUT2D eigenvalue weighted by atomic mass is 10.1. The first kappa shape index (κ1) is 10.0. The van der Waals surface area contributed by atoms with Crippen molar-refractivity contribution < 1.29 is 0 Å². The molecule has 0 atom stereocenters. The molecule has 0 aliphatic carbocycles.